The molecule has 0 amide bonds. The van der Waals surface area contributed by atoms with Gasteiger partial charge in [0.2, 0.25) is 0 Å². The number of fused-ring (bicyclic) bond motifs is 1. The topological polar surface area (TPSA) is 29.5 Å². The summed E-state index contributed by atoms with van der Waals surface area (Å²) < 4.78 is 4.81. The first kappa shape index (κ1) is 12.9. The third-order valence-corrected chi connectivity index (χ3v) is 3.81. The molecule has 0 bridgehead atoms. The molecule has 0 fully saturated rings. The van der Waals surface area contributed by atoms with Crippen molar-refractivity contribution in [3.8, 4) is 0 Å². The van der Waals surface area contributed by atoms with Crippen molar-refractivity contribution in [1.82, 2.24) is 0 Å². The van der Waals surface area contributed by atoms with E-state index in [4.69, 9.17) is 4.74 Å². The number of benzene rings is 1. The van der Waals surface area contributed by atoms with Gasteiger partial charge in [-0.05, 0) is 37.8 Å². The van der Waals surface area contributed by atoms with Crippen LogP contribution in [0.3, 0.4) is 0 Å². The van der Waals surface area contributed by atoms with Crippen molar-refractivity contribution in [3.63, 3.8) is 0 Å². The molecule has 0 spiro atoms. The Kier molecular flexibility index (Phi) is 3.33. The smallest absolute Gasteiger partial charge is 0.325 e. The molecule has 0 aromatic heterocycles. The molecule has 1 aromatic carbocycles. The quantitative estimate of drug-likeness (QED) is 0.752. The molecule has 0 saturated heterocycles. The predicted molar refractivity (Wildman–Crippen MR) is 72.9 cm³/mol. The molecule has 2 rings (SSSR count). The lowest BCUT2D eigenvalue weighted by Crippen LogP contribution is -2.50. The largest absolute Gasteiger partial charge is 0.468 e. The Morgan fingerprint density at radius 1 is 1.44 bits per heavy atom. The summed E-state index contributed by atoms with van der Waals surface area (Å²) in [5, 5.41) is 0. The van der Waals surface area contributed by atoms with Crippen LogP contribution < -0.4 is 4.90 Å². The minimum atomic E-state index is -0.188. The van der Waals surface area contributed by atoms with Crippen molar-refractivity contribution in [1.29, 1.82) is 0 Å². The zero-order valence-electron chi connectivity index (χ0n) is 11.6. The lowest BCUT2D eigenvalue weighted by molar-refractivity contribution is -0.139. The fraction of sp³-hybridized carbons (Fsp3) is 0.533. The summed E-state index contributed by atoms with van der Waals surface area (Å²) in [6.45, 7) is 6.92. The molecule has 18 heavy (non-hydrogen) atoms. The predicted octanol–water partition coefficient (Wildman–Crippen LogP) is 2.95. The van der Waals surface area contributed by atoms with E-state index in [9.17, 15) is 4.79 Å². The van der Waals surface area contributed by atoms with Gasteiger partial charge in [0.05, 0.1) is 7.11 Å². The van der Waals surface area contributed by atoms with E-state index < -0.39 is 0 Å². The number of rotatable bonds is 2. The van der Waals surface area contributed by atoms with Crippen LogP contribution in [0, 0.1) is 0 Å². The van der Waals surface area contributed by atoms with Gasteiger partial charge in [0.25, 0.3) is 0 Å². The van der Waals surface area contributed by atoms with Crippen LogP contribution >= 0.6 is 0 Å². The summed E-state index contributed by atoms with van der Waals surface area (Å²) in [5.74, 6) is 0.331. The molecular weight excluding hydrogens is 226 g/mol. The molecule has 1 aromatic rings. The van der Waals surface area contributed by atoms with Gasteiger partial charge in [-0.15, -0.1) is 0 Å². The van der Waals surface area contributed by atoms with Crippen molar-refractivity contribution in [3.05, 3.63) is 29.8 Å². The van der Waals surface area contributed by atoms with Crippen molar-refractivity contribution < 1.29 is 9.53 Å². The van der Waals surface area contributed by atoms with E-state index in [0.29, 0.717) is 12.5 Å². The van der Waals surface area contributed by atoms with Crippen molar-refractivity contribution >= 4 is 11.7 Å². The van der Waals surface area contributed by atoms with Crippen LogP contribution in [0.5, 0.6) is 0 Å². The van der Waals surface area contributed by atoms with Crippen LogP contribution in [0.2, 0.25) is 0 Å². The molecule has 1 aliphatic rings. The van der Waals surface area contributed by atoms with Crippen molar-refractivity contribution in [2.75, 3.05) is 18.6 Å². The van der Waals surface area contributed by atoms with Gasteiger partial charge in [-0.3, -0.25) is 4.79 Å². The van der Waals surface area contributed by atoms with Gasteiger partial charge >= 0.3 is 5.97 Å². The number of carbonyl (C=O) groups is 1. The van der Waals surface area contributed by atoms with Crippen LogP contribution in [0.1, 0.15) is 38.7 Å². The lowest BCUT2D eigenvalue weighted by atomic mass is 9.80. The number of methoxy groups -OCH3 is 1. The molecule has 1 heterocycles. The van der Waals surface area contributed by atoms with Crippen LogP contribution in [-0.2, 0) is 9.53 Å². The van der Waals surface area contributed by atoms with Crippen LogP contribution in [0.25, 0.3) is 0 Å². The molecule has 0 saturated carbocycles. The lowest BCUT2D eigenvalue weighted by Gasteiger charge is -2.46. The fourth-order valence-corrected chi connectivity index (χ4v) is 2.94. The molecule has 0 N–H and O–H groups in total. The summed E-state index contributed by atoms with van der Waals surface area (Å²) in [7, 11) is 1.44. The average molecular weight is 247 g/mol. The van der Waals surface area contributed by atoms with Gasteiger partial charge in [-0.25, -0.2) is 0 Å². The Balaban J connectivity index is 2.41. The number of ether oxygens (including phenoxy) is 1. The first-order valence-electron chi connectivity index (χ1n) is 6.39. The van der Waals surface area contributed by atoms with Crippen LogP contribution in [-0.4, -0.2) is 25.2 Å². The molecule has 98 valence electrons. The van der Waals surface area contributed by atoms with Gasteiger partial charge in [0, 0.05) is 11.2 Å². The van der Waals surface area contributed by atoms with E-state index in [2.05, 4.69) is 43.9 Å². The number of hydrogen-bond donors (Lipinski definition) is 0. The second-order valence-corrected chi connectivity index (χ2v) is 5.64. The Bertz CT molecular complexity index is 454. The third-order valence-electron chi connectivity index (χ3n) is 3.81. The Hall–Kier alpha value is -1.51. The van der Waals surface area contributed by atoms with Gasteiger partial charge in [0.1, 0.15) is 6.54 Å². The van der Waals surface area contributed by atoms with Crippen LogP contribution in [0.15, 0.2) is 24.3 Å². The van der Waals surface area contributed by atoms with Crippen molar-refractivity contribution in [2.24, 2.45) is 0 Å². The number of carbonyl (C=O) groups excluding carboxylic acids is 1. The first-order valence-corrected chi connectivity index (χ1v) is 6.39. The molecule has 0 radical (unpaired) electrons. The average Bonchev–Trinajstić information content (AvgIpc) is 2.33. The monoisotopic (exact) mass is 247 g/mol. The fourth-order valence-electron chi connectivity index (χ4n) is 2.94. The zero-order valence-corrected chi connectivity index (χ0v) is 11.6. The summed E-state index contributed by atoms with van der Waals surface area (Å²) in [4.78, 5) is 13.8. The summed E-state index contributed by atoms with van der Waals surface area (Å²) in [6.07, 6.45) is 1.04. The highest BCUT2D eigenvalue weighted by molar-refractivity contribution is 5.77. The molecule has 3 nitrogen and oxygen atoms in total. The molecule has 0 unspecified atom stereocenters. The normalized spacial score (nSPS) is 21.3. The number of nitrogens with zero attached hydrogens (tertiary/aromatic N) is 1. The minimum absolute atomic E-state index is 0.0258. The highest BCUT2D eigenvalue weighted by atomic mass is 16.5. The third kappa shape index (κ3) is 2.22. The molecule has 3 heteroatoms. The van der Waals surface area contributed by atoms with Crippen molar-refractivity contribution in [2.45, 2.75) is 38.6 Å². The van der Waals surface area contributed by atoms with Gasteiger partial charge in [-0.1, -0.05) is 25.1 Å². The van der Waals surface area contributed by atoms with E-state index in [1.807, 2.05) is 6.07 Å². The van der Waals surface area contributed by atoms with Crippen LogP contribution in [0.4, 0.5) is 5.69 Å². The van der Waals surface area contributed by atoms with E-state index >= 15 is 0 Å². The van der Waals surface area contributed by atoms with E-state index in [1.54, 1.807) is 0 Å². The van der Waals surface area contributed by atoms with Gasteiger partial charge in [-0.2, -0.15) is 0 Å². The standard InChI is InChI=1S/C15H21NO2/c1-11-9-15(2,3)16(10-14(17)18-4)13-8-6-5-7-12(11)13/h5-8,11H,9-10H2,1-4H3/t11-/m1/s1. The zero-order chi connectivity index (χ0) is 13.3. The Labute approximate surface area is 109 Å². The molecule has 1 aliphatic heterocycles. The maximum atomic E-state index is 11.6. The molecule has 0 aliphatic carbocycles. The second-order valence-electron chi connectivity index (χ2n) is 5.64. The van der Waals surface area contributed by atoms with Gasteiger partial charge in [0.15, 0.2) is 0 Å². The number of esters is 1. The Morgan fingerprint density at radius 2 is 2.11 bits per heavy atom. The maximum Gasteiger partial charge on any atom is 0.325 e. The SMILES string of the molecule is COC(=O)CN1c2ccccc2[C@H](C)CC1(C)C. The molecule has 1 atom stereocenters. The Morgan fingerprint density at radius 3 is 2.78 bits per heavy atom. The summed E-state index contributed by atoms with van der Waals surface area (Å²) in [5.41, 5.74) is 2.45. The van der Waals surface area contributed by atoms with Gasteiger partial charge < -0.3 is 9.64 Å². The highest BCUT2D eigenvalue weighted by Gasteiger charge is 2.37. The maximum absolute atomic E-state index is 11.6. The minimum Gasteiger partial charge on any atom is -0.468 e. The second kappa shape index (κ2) is 4.63. The number of hydrogen-bond acceptors (Lipinski definition) is 3. The van der Waals surface area contributed by atoms with E-state index in [-0.39, 0.29) is 11.5 Å². The first-order chi connectivity index (χ1) is 8.45. The molecular formula is C15H21NO2. The summed E-state index contributed by atoms with van der Waals surface area (Å²) in [6, 6.07) is 8.33. The number of para-hydroxylation sites is 1. The summed E-state index contributed by atoms with van der Waals surface area (Å²) >= 11 is 0. The van der Waals surface area contributed by atoms with E-state index in [0.717, 1.165) is 12.1 Å². The van der Waals surface area contributed by atoms with E-state index in [1.165, 1.54) is 12.7 Å². The number of anilines is 1. The highest BCUT2D eigenvalue weighted by Crippen LogP contribution is 2.42.